The molecule has 0 fully saturated rings. The molecule has 0 atom stereocenters. The Morgan fingerprint density at radius 3 is 2.81 bits per heavy atom. The summed E-state index contributed by atoms with van der Waals surface area (Å²) in [6, 6.07) is 5.80. The molecule has 0 saturated carbocycles. The van der Waals surface area contributed by atoms with Gasteiger partial charge in [-0.25, -0.2) is 0 Å². The smallest absolute Gasteiger partial charge is 0.292 e. The second-order valence-electron chi connectivity index (χ2n) is 3.30. The van der Waals surface area contributed by atoms with E-state index >= 15 is 0 Å². The molecule has 2 aromatic rings. The maximum atomic E-state index is 5.63. The lowest BCUT2D eigenvalue weighted by Gasteiger charge is -2.07. The number of anilines is 1. The Morgan fingerprint density at radius 1 is 1.44 bits per heavy atom. The number of hydrogen-bond donors (Lipinski definition) is 2. The Hall–Kier alpha value is -2.01. The number of oxazole rings is 1. The summed E-state index contributed by atoms with van der Waals surface area (Å²) in [4.78, 5) is 4.04. The van der Waals surface area contributed by atoms with Gasteiger partial charge in [0.15, 0.2) is 0 Å². The average Bonchev–Trinajstić information content (AvgIpc) is 2.75. The van der Waals surface area contributed by atoms with E-state index in [1.54, 1.807) is 7.11 Å². The van der Waals surface area contributed by atoms with Gasteiger partial charge in [-0.2, -0.15) is 4.98 Å². The summed E-state index contributed by atoms with van der Waals surface area (Å²) in [6.45, 7) is 0.407. The van der Waals surface area contributed by atoms with Crippen molar-refractivity contribution in [1.82, 2.24) is 4.98 Å². The molecule has 84 valence electrons. The topological polar surface area (TPSA) is 87.3 Å². The maximum Gasteiger partial charge on any atom is 0.292 e. The summed E-state index contributed by atoms with van der Waals surface area (Å²) < 4.78 is 10.1. The van der Waals surface area contributed by atoms with Gasteiger partial charge in [0, 0.05) is 17.7 Å². The van der Waals surface area contributed by atoms with Crippen LogP contribution in [0.1, 0.15) is 5.56 Å². The van der Waals surface area contributed by atoms with Crippen LogP contribution in [0.3, 0.4) is 0 Å². The van der Waals surface area contributed by atoms with Crippen LogP contribution in [0.25, 0.3) is 11.3 Å². The van der Waals surface area contributed by atoms with Gasteiger partial charge in [0.05, 0.1) is 7.11 Å². The van der Waals surface area contributed by atoms with E-state index in [1.807, 2.05) is 18.2 Å². The minimum atomic E-state index is 0.153. The van der Waals surface area contributed by atoms with Crippen LogP contribution >= 0.6 is 0 Å². The molecule has 4 N–H and O–H groups in total. The predicted octanol–water partition coefficient (Wildman–Crippen LogP) is 1.39. The monoisotopic (exact) mass is 219 g/mol. The molecule has 0 aliphatic carbocycles. The third kappa shape index (κ3) is 1.85. The fourth-order valence-electron chi connectivity index (χ4n) is 1.52. The number of rotatable bonds is 3. The van der Waals surface area contributed by atoms with E-state index in [0.717, 1.165) is 16.9 Å². The fourth-order valence-corrected chi connectivity index (χ4v) is 1.52. The highest BCUT2D eigenvalue weighted by molar-refractivity contribution is 5.62. The Kier molecular flexibility index (Phi) is 2.78. The van der Waals surface area contributed by atoms with E-state index < -0.39 is 0 Å². The van der Waals surface area contributed by atoms with Crippen molar-refractivity contribution < 1.29 is 9.15 Å². The minimum absolute atomic E-state index is 0.153. The van der Waals surface area contributed by atoms with Crippen LogP contribution in [0.4, 0.5) is 6.01 Å². The number of hydrogen-bond acceptors (Lipinski definition) is 5. The molecular weight excluding hydrogens is 206 g/mol. The molecule has 0 unspecified atom stereocenters. The van der Waals surface area contributed by atoms with E-state index in [9.17, 15) is 0 Å². The lowest BCUT2D eigenvalue weighted by molar-refractivity contribution is 0.410. The number of methoxy groups -OCH3 is 1. The Labute approximate surface area is 93.0 Å². The zero-order valence-corrected chi connectivity index (χ0v) is 8.93. The maximum absolute atomic E-state index is 5.63. The van der Waals surface area contributed by atoms with Gasteiger partial charge in [-0.1, -0.05) is 0 Å². The van der Waals surface area contributed by atoms with E-state index in [2.05, 4.69) is 4.98 Å². The van der Waals surface area contributed by atoms with Gasteiger partial charge < -0.3 is 20.6 Å². The van der Waals surface area contributed by atoms with E-state index in [4.69, 9.17) is 20.6 Å². The van der Waals surface area contributed by atoms with E-state index in [1.165, 1.54) is 6.26 Å². The van der Waals surface area contributed by atoms with Crippen molar-refractivity contribution in [3.63, 3.8) is 0 Å². The number of benzene rings is 1. The number of aromatic nitrogens is 1. The summed E-state index contributed by atoms with van der Waals surface area (Å²) in [6.07, 6.45) is 1.51. The third-order valence-corrected chi connectivity index (χ3v) is 2.32. The van der Waals surface area contributed by atoms with Crippen molar-refractivity contribution in [2.75, 3.05) is 12.8 Å². The second kappa shape index (κ2) is 4.24. The summed E-state index contributed by atoms with van der Waals surface area (Å²) in [5.74, 6) is 0.766. The number of ether oxygens (including phenoxy) is 1. The first kappa shape index (κ1) is 10.5. The Bertz CT molecular complexity index is 494. The van der Waals surface area contributed by atoms with Crippen LogP contribution in [0.2, 0.25) is 0 Å². The van der Waals surface area contributed by atoms with Crippen LogP contribution in [-0.2, 0) is 6.54 Å². The van der Waals surface area contributed by atoms with Crippen LogP contribution in [-0.4, -0.2) is 12.1 Å². The van der Waals surface area contributed by atoms with Crippen molar-refractivity contribution in [1.29, 1.82) is 0 Å². The van der Waals surface area contributed by atoms with Crippen molar-refractivity contribution in [2.24, 2.45) is 5.73 Å². The molecular formula is C11H13N3O2. The first-order valence-corrected chi connectivity index (χ1v) is 4.83. The van der Waals surface area contributed by atoms with E-state index in [0.29, 0.717) is 12.2 Å². The third-order valence-electron chi connectivity index (χ3n) is 2.32. The highest BCUT2D eigenvalue weighted by atomic mass is 16.5. The molecule has 0 saturated heterocycles. The fraction of sp³-hybridized carbons (Fsp3) is 0.182. The zero-order valence-electron chi connectivity index (χ0n) is 8.93. The average molecular weight is 219 g/mol. The molecule has 2 rings (SSSR count). The van der Waals surface area contributed by atoms with Crippen LogP contribution in [0, 0.1) is 0 Å². The van der Waals surface area contributed by atoms with Crippen LogP contribution < -0.4 is 16.2 Å². The van der Waals surface area contributed by atoms with Gasteiger partial charge in [-0.05, 0) is 18.2 Å². The molecule has 5 nitrogen and oxygen atoms in total. The molecule has 0 radical (unpaired) electrons. The lowest BCUT2D eigenvalue weighted by Crippen LogP contribution is -2.00. The molecule has 0 amide bonds. The van der Waals surface area contributed by atoms with E-state index in [-0.39, 0.29) is 6.01 Å². The van der Waals surface area contributed by atoms with Crippen molar-refractivity contribution in [3.8, 4) is 17.0 Å². The molecule has 16 heavy (non-hydrogen) atoms. The predicted molar refractivity (Wildman–Crippen MR) is 60.8 cm³/mol. The van der Waals surface area contributed by atoms with Crippen molar-refractivity contribution in [3.05, 3.63) is 30.0 Å². The first-order valence-electron chi connectivity index (χ1n) is 4.83. The van der Waals surface area contributed by atoms with Crippen LogP contribution in [0.15, 0.2) is 28.9 Å². The standard InChI is InChI=1S/C11H13N3O2/c1-15-10-3-2-7(4-8(10)5-12)9-6-16-11(13)14-9/h2-4,6H,5,12H2,1H3,(H2,13,14). The molecule has 1 heterocycles. The quantitative estimate of drug-likeness (QED) is 0.814. The first-order chi connectivity index (χ1) is 7.74. The van der Waals surface area contributed by atoms with Gasteiger partial charge in [0.1, 0.15) is 17.7 Å². The summed E-state index contributed by atoms with van der Waals surface area (Å²) in [7, 11) is 1.61. The van der Waals surface area contributed by atoms with Gasteiger partial charge in [-0.15, -0.1) is 0 Å². The summed E-state index contributed by atoms with van der Waals surface area (Å²) in [5, 5.41) is 0. The second-order valence-corrected chi connectivity index (χ2v) is 3.30. The highest BCUT2D eigenvalue weighted by Crippen LogP contribution is 2.26. The van der Waals surface area contributed by atoms with Gasteiger partial charge >= 0.3 is 0 Å². The van der Waals surface area contributed by atoms with Crippen LogP contribution in [0.5, 0.6) is 5.75 Å². The summed E-state index contributed by atoms with van der Waals surface area (Å²) >= 11 is 0. The van der Waals surface area contributed by atoms with Gasteiger partial charge in [0.2, 0.25) is 0 Å². The molecule has 5 heteroatoms. The Morgan fingerprint density at radius 2 is 2.25 bits per heavy atom. The number of nitrogens with two attached hydrogens (primary N) is 2. The summed E-state index contributed by atoms with van der Waals surface area (Å²) in [5.41, 5.74) is 13.6. The molecule has 1 aromatic carbocycles. The molecule has 0 spiro atoms. The SMILES string of the molecule is COc1ccc(-c2coc(N)n2)cc1CN. The molecule has 0 aliphatic heterocycles. The number of nitrogens with zero attached hydrogens (tertiary/aromatic N) is 1. The molecule has 1 aromatic heterocycles. The molecule has 0 bridgehead atoms. The normalized spacial score (nSPS) is 10.4. The minimum Gasteiger partial charge on any atom is -0.496 e. The van der Waals surface area contributed by atoms with Gasteiger partial charge in [-0.3, -0.25) is 0 Å². The molecule has 0 aliphatic rings. The Balaban J connectivity index is 2.43. The van der Waals surface area contributed by atoms with Crippen molar-refractivity contribution in [2.45, 2.75) is 6.54 Å². The number of nitrogen functional groups attached to an aromatic ring is 1. The lowest BCUT2D eigenvalue weighted by atomic mass is 10.1. The zero-order chi connectivity index (χ0) is 11.5. The largest absolute Gasteiger partial charge is 0.496 e. The van der Waals surface area contributed by atoms with Crippen molar-refractivity contribution >= 4 is 6.01 Å². The van der Waals surface area contributed by atoms with Gasteiger partial charge in [0.25, 0.3) is 6.01 Å². The highest BCUT2D eigenvalue weighted by Gasteiger charge is 2.07.